The second kappa shape index (κ2) is 9.93. The summed E-state index contributed by atoms with van der Waals surface area (Å²) >= 11 is 0. The molecule has 9 nitrogen and oxygen atoms in total. The number of hydrogen-bond donors (Lipinski definition) is 3. The molecule has 0 spiro atoms. The van der Waals surface area contributed by atoms with Gasteiger partial charge in [-0.05, 0) is 30.7 Å². The summed E-state index contributed by atoms with van der Waals surface area (Å²) in [5.41, 5.74) is 4.18. The number of amides is 1. The van der Waals surface area contributed by atoms with Gasteiger partial charge in [-0.2, -0.15) is 4.68 Å². The van der Waals surface area contributed by atoms with Crippen LogP contribution in [0.4, 0.5) is 16.4 Å². The van der Waals surface area contributed by atoms with Gasteiger partial charge in [-0.1, -0.05) is 18.2 Å². The molecule has 0 bridgehead atoms. The van der Waals surface area contributed by atoms with Crippen molar-refractivity contribution in [2.24, 2.45) is 0 Å². The monoisotopic (exact) mass is 406 g/mol. The van der Waals surface area contributed by atoms with Crippen molar-refractivity contribution < 1.29 is 9.90 Å². The van der Waals surface area contributed by atoms with Crippen LogP contribution >= 0.6 is 0 Å². The summed E-state index contributed by atoms with van der Waals surface area (Å²) in [5.74, 6) is 2.98. The Hall–Kier alpha value is -4.06. The van der Waals surface area contributed by atoms with Crippen molar-refractivity contribution in [2.75, 3.05) is 30.0 Å². The highest BCUT2D eigenvalue weighted by molar-refractivity contribution is 5.74. The fourth-order valence-electron chi connectivity index (χ4n) is 2.94. The van der Waals surface area contributed by atoms with Crippen LogP contribution in [-0.4, -0.2) is 45.5 Å². The van der Waals surface area contributed by atoms with Crippen LogP contribution in [-0.2, 0) is 0 Å². The molecule has 0 fully saturated rings. The van der Waals surface area contributed by atoms with E-state index in [9.17, 15) is 9.59 Å². The third kappa shape index (κ3) is 5.05. The van der Waals surface area contributed by atoms with Crippen molar-refractivity contribution in [1.82, 2.24) is 20.0 Å². The molecule has 30 heavy (non-hydrogen) atoms. The Morgan fingerprint density at radius 2 is 2.00 bits per heavy atom. The van der Waals surface area contributed by atoms with E-state index in [1.807, 2.05) is 35.2 Å². The van der Waals surface area contributed by atoms with Crippen LogP contribution in [0.1, 0.15) is 12.8 Å². The maximum absolute atomic E-state index is 13.2. The first-order chi connectivity index (χ1) is 14.6. The lowest BCUT2D eigenvalue weighted by Crippen LogP contribution is -2.38. The number of nitrogens with zero attached hydrogens (tertiary/aromatic N) is 4. The zero-order valence-corrected chi connectivity index (χ0v) is 16.3. The van der Waals surface area contributed by atoms with Crippen molar-refractivity contribution in [3.63, 3.8) is 0 Å². The molecule has 9 heteroatoms. The number of terminal acetylenes is 1. The number of carbonyl (C=O) groups is 1. The first kappa shape index (κ1) is 20.7. The minimum atomic E-state index is -1.08. The molecular weight excluding hydrogens is 384 g/mol. The van der Waals surface area contributed by atoms with Crippen LogP contribution in [0, 0.1) is 12.3 Å². The third-order valence-corrected chi connectivity index (χ3v) is 4.32. The highest BCUT2D eigenvalue weighted by Gasteiger charge is 2.18. The molecule has 1 amide bonds. The SMILES string of the molecule is C#CCCN(CCCNC(=O)O)c1nc2cccnc2c(=O)n1Nc1ccccc1. The molecule has 3 aromatic rings. The van der Waals surface area contributed by atoms with Crippen LogP contribution in [0.5, 0.6) is 0 Å². The van der Waals surface area contributed by atoms with Crippen LogP contribution in [0.15, 0.2) is 53.5 Å². The van der Waals surface area contributed by atoms with E-state index in [2.05, 4.69) is 26.6 Å². The van der Waals surface area contributed by atoms with E-state index in [-0.39, 0.29) is 17.6 Å². The molecule has 0 aliphatic rings. The number of benzene rings is 1. The molecule has 0 unspecified atom stereocenters. The fraction of sp³-hybridized carbons (Fsp3) is 0.238. The van der Waals surface area contributed by atoms with Crippen molar-refractivity contribution in [1.29, 1.82) is 0 Å². The number of para-hydroxylation sites is 1. The van der Waals surface area contributed by atoms with Gasteiger partial charge in [0.05, 0.1) is 11.2 Å². The summed E-state index contributed by atoms with van der Waals surface area (Å²) in [4.78, 5) is 34.6. The highest BCUT2D eigenvalue weighted by atomic mass is 16.4. The molecule has 2 heterocycles. The van der Waals surface area contributed by atoms with Gasteiger partial charge in [-0.3, -0.25) is 10.2 Å². The molecule has 3 rings (SSSR count). The Kier molecular flexibility index (Phi) is 6.84. The van der Waals surface area contributed by atoms with Crippen LogP contribution in [0.2, 0.25) is 0 Å². The lowest BCUT2D eigenvalue weighted by Gasteiger charge is -2.26. The fourth-order valence-corrected chi connectivity index (χ4v) is 2.94. The summed E-state index contributed by atoms with van der Waals surface area (Å²) in [5, 5.41) is 11.1. The van der Waals surface area contributed by atoms with E-state index < -0.39 is 6.09 Å². The predicted octanol–water partition coefficient (Wildman–Crippen LogP) is 2.15. The van der Waals surface area contributed by atoms with Gasteiger partial charge in [-0.25, -0.2) is 14.8 Å². The standard InChI is InChI=1S/C21H22N6O3/c1-2-3-14-26(15-8-13-23-21(29)30)20-24-17-11-7-12-22-18(17)19(28)27(20)25-16-9-5-4-6-10-16/h1,4-7,9-12,23,25H,3,8,13-15H2,(H,29,30). The van der Waals surface area contributed by atoms with Gasteiger partial charge in [0.1, 0.15) is 0 Å². The number of pyridine rings is 1. The molecule has 3 N–H and O–H groups in total. The molecular formula is C21H22N6O3. The second-order valence-corrected chi connectivity index (χ2v) is 6.43. The number of hydrogen-bond acceptors (Lipinski definition) is 6. The van der Waals surface area contributed by atoms with E-state index >= 15 is 0 Å². The lowest BCUT2D eigenvalue weighted by molar-refractivity contribution is 0.194. The van der Waals surface area contributed by atoms with Crippen LogP contribution in [0.25, 0.3) is 11.0 Å². The largest absolute Gasteiger partial charge is 0.465 e. The first-order valence-corrected chi connectivity index (χ1v) is 9.45. The molecule has 0 aliphatic carbocycles. The van der Waals surface area contributed by atoms with Crippen molar-refractivity contribution >= 4 is 28.8 Å². The summed E-state index contributed by atoms with van der Waals surface area (Å²) in [6.45, 7) is 1.18. The number of rotatable bonds is 9. The van der Waals surface area contributed by atoms with Gasteiger partial charge in [0.2, 0.25) is 5.95 Å². The maximum Gasteiger partial charge on any atom is 0.404 e. The number of anilines is 2. The summed E-state index contributed by atoms with van der Waals surface area (Å²) in [7, 11) is 0. The second-order valence-electron chi connectivity index (χ2n) is 6.43. The highest BCUT2D eigenvalue weighted by Crippen LogP contribution is 2.16. The average Bonchev–Trinajstić information content (AvgIpc) is 2.76. The molecule has 0 radical (unpaired) electrons. The van der Waals surface area contributed by atoms with Crippen LogP contribution in [0.3, 0.4) is 0 Å². The number of carboxylic acid groups (broad SMARTS) is 1. The zero-order valence-electron chi connectivity index (χ0n) is 16.3. The van der Waals surface area contributed by atoms with Crippen molar-refractivity contribution in [3.05, 3.63) is 59.0 Å². The van der Waals surface area contributed by atoms with E-state index in [0.29, 0.717) is 43.1 Å². The Morgan fingerprint density at radius 3 is 2.73 bits per heavy atom. The van der Waals surface area contributed by atoms with Gasteiger partial charge in [-0.15, -0.1) is 12.3 Å². The molecule has 1 aromatic carbocycles. The topological polar surface area (TPSA) is 112 Å². The van der Waals surface area contributed by atoms with Gasteiger partial charge in [0.15, 0.2) is 5.52 Å². The summed E-state index contributed by atoms with van der Waals surface area (Å²) < 4.78 is 1.35. The maximum atomic E-state index is 13.2. The minimum Gasteiger partial charge on any atom is -0.465 e. The Labute approximate surface area is 173 Å². The van der Waals surface area contributed by atoms with Gasteiger partial charge in [0.25, 0.3) is 5.56 Å². The number of aromatic nitrogens is 3. The van der Waals surface area contributed by atoms with Crippen molar-refractivity contribution in [3.8, 4) is 12.3 Å². The summed E-state index contributed by atoms with van der Waals surface area (Å²) in [6.07, 6.45) is 6.88. The Balaban J connectivity index is 2.02. The molecule has 154 valence electrons. The van der Waals surface area contributed by atoms with E-state index in [0.717, 1.165) is 0 Å². The first-order valence-electron chi connectivity index (χ1n) is 9.45. The number of nitrogens with one attached hydrogen (secondary N) is 2. The minimum absolute atomic E-state index is 0.245. The quantitative estimate of drug-likeness (QED) is 0.369. The Bertz CT molecular complexity index is 1110. The molecule has 0 aliphatic heterocycles. The average molecular weight is 406 g/mol. The predicted molar refractivity (Wildman–Crippen MR) is 116 cm³/mol. The lowest BCUT2D eigenvalue weighted by atomic mass is 10.3. The zero-order chi connectivity index (χ0) is 21.3. The van der Waals surface area contributed by atoms with E-state index in [1.54, 1.807) is 18.3 Å². The van der Waals surface area contributed by atoms with Crippen molar-refractivity contribution in [2.45, 2.75) is 12.8 Å². The van der Waals surface area contributed by atoms with Crippen LogP contribution < -0.4 is 21.2 Å². The van der Waals surface area contributed by atoms with Gasteiger partial charge >= 0.3 is 6.09 Å². The van der Waals surface area contributed by atoms with Gasteiger partial charge < -0.3 is 15.3 Å². The smallest absolute Gasteiger partial charge is 0.404 e. The summed E-state index contributed by atoms with van der Waals surface area (Å²) in [6, 6.07) is 12.7. The number of fused-ring (bicyclic) bond motifs is 1. The van der Waals surface area contributed by atoms with Gasteiger partial charge in [0, 0.05) is 32.3 Å². The molecule has 0 saturated heterocycles. The molecule has 0 atom stereocenters. The Morgan fingerprint density at radius 1 is 1.20 bits per heavy atom. The molecule has 0 saturated carbocycles. The van der Waals surface area contributed by atoms with E-state index in [4.69, 9.17) is 11.5 Å². The molecule has 2 aromatic heterocycles. The van der Waals surface area contributed by atoms with E-state index in [1.165, 1.54) is 4.68 Å². The normalized spacial score (nSPS) is 10.4. The third-order valence-electron chi connectivity index (χ3n) is 4.32.